The summed E-state index contributed by atoms with van der Waals surface area (Å²) in [4.78, 5) is 29.9. The molecule has 0 spiro atoms. The molecule has 1 unspecified atom stereocenters. The van der Waals surface area contributed by atoms with Gasteiger partial charge in [0.15, 0.2) is 11.5 Å². The molecule has 148 valence electrons. The van der Waals surface area contributed by atoms with Crippen molar-refractivity contribution < 1.29 is 14.3 Å². The first-order chi connectivity index (χ1) is 13.7. The minimum absolute atomic E-state index is 0.107. The Morgan fingerprint density at radius 3 is 2.75 bits per heavy atom. The van der Waals surface area contributed by atoms with E-state index in [0.29, 0.717) is 24.7 Å². The molecule has 2 aliphatic rings. The smallest absolute Gasteiger partial charge is 0.261 e. The highest BCUT2D eigenvalue weighted by Gasteiger charge is 2.22. The number of fused-ring (bicyclic) bond motifs is 1. The van der Waals surface area contributed by atoms with Gasteiger partial charge in [0.25, 0.3) is 11.5 Å². The SMILES string of the molecule is O=C(NCC1COc2ccccc2O1)c1ccc(CN2CCSCC2)[nH]c1=O. The van der Waals surface area contributed by atoms with Crippen LogP contribution in [-0.2, 0) is 6.54 Å². The molecule has 1 fully saturated rings. The Hall–Kier alpha value is -2.45. The number of nitrogens with zero attached hydrogens (tertiary/aromatic N) is 1. The Morgan fingerprint density at radius 1 is 1.18 bits per heavy atom. The topological polar surface area (TPSA) is 83.7 Å². The third-order valence-electron chi connectivity index (χ3n) is 4.77. The number of para-hydroxylation sites is 2. The van der Waals surface area contributed by atoms with Gasteiger partial charge in [-0.25, -0.2) is 0 Å². The van der Waals surface area contributed by atoms with Gasteiger partial charge in [0.2, 0.25) is 0 Å². The van der Waals surface area contributed by atoms with Crippen LogP contribution >= 0.6 is 11.8 Å². The van der Waals surface area contributed by atoms with E-state index in [0.717, 1.165) is 30.3 Å². The van der Waals surface area contributed by atoms with Gasteiger partial charge in [-0.2, -0.15) is 11.8 Å². The van der Waals surface area contributed by atoms with Gasteiger partial charge in [0.05, 0.1) is 6.54 Å². The van der Waals surface area contributed by atoms with Crippen molar-refractivity contribution in [2.45, 2.75) is 12.6 Å². The monoisotopic (exact) mass is 401 g/mol. The molecule has 1 aromatic heterocycles. The molecule has 2 aliphatic heterocycles. The normalized spacial score (nSPS) is 19.2. The Bertz CT molecular complexity index is 895. The van der Waals surface area contributed by atoms with E-state index in [1.165, 1.54) is 0 Å². The molecule has 7 nitrogen and oxygen atoms in total. The van der Waals surface area contributed by atoms with Crippen molar-refractivity contribution in [1.82, 2.24) is 15.2 Å². The van der Waals surface area contributed by atoms with Crippen LogP contribution in [0.15, 0.2) is 41.2 Å². The summed E-state index contributed by atoms with van der Waals surface area (Å²) in [5.41, 5.74) is 0.566. The number of aromatic amines is 1. The molecule has 1 atom stereocenters. The zero-order chi connectivity index (χ0) is 19.3. The predicted molar refractivity (Wildman–Crippen MR) is 108 cm³/mol. The van der Waals surface area contributed by atoms with Crippen molar-refractivity contribution in [3.8, 4) is 11.5 Å². The molecule has 0 aliphatic carbocycles. The molecule has 4 rings (SSSR count). The molecule has 1 aromatic carbocycles. The minimum Gasteiger partial charge on any atom is -0.486 e. The molecule has 2 aromatic rings. The summed E-state index contributed by atoms with van der Waals surface area (Å²) < 4.78 is 11.5. The van der Waals surface area contributed by atoms with E-state index in [1.807, 2.05) is 42.1 Å². The number of carbonyl (C=O) groups is 1. The number of nitrogens with one attached hydrogen (secondary N) is 2. The maximum Gasteiger partial charge on any atom is 0.261 e. The van der Waals surface area contributed by atoms with E-state index in [1.54, 1.807) is 6.07 Å². The Morgan fingerprint density at radius 2 is 1.96 bits per heavy atom. The number of pyridine rings is 1. The highest BCUT2D eigenvalue weighted by Crippen LogP contribution is 2.30. The average molecular weight is 401 g/mol. The van der Waals surface area contributed by atoms with Crippen LogP contribution in [0.1, 0.15) is 16.1 Å². The summed E-state index contributed by atoms with van der Waals surface area (Å²) >= 11 is 1.95. The molecular weight excluding hydrogens is 378 g/mol. The number of ether oxygens (including phenoxy) is 2. The quantitative estimate of drug-likeness (QED) is 0.790. The summed E-state index contributed by atoms with van der Waals surface area (Å²) in [6.45, 7) is 3.34. The van der Waals surface area contributed by atoms with E-state index in [2.05, 4.69) is 15.2 Å². The van der Waals surface area contributed by atoms with E-state index >= 15 is 0 Å². The van der Waals surface area contributed by atoms with Gasteiger partial charge in [0.1, 0.15) is 18.3 Å². The zero-order valence-corrected chi connectivity index (χ0v) is 16.3. The average Bonchev–Trinajstić information content (AvgIpc) is 2.73. The van der Waals surface area contributed by atoms with Gasteiger partial charge in [-0.3, -0.25) is 14.5 Å². The highest BCUT2D eigenvalue weighted by molar-refractivity contribution is 7.99. The molecular formula is C20H23N3O4S. The van der Waals surface area contributed by atoms with Crippen molar-refractivity contribution in [2.75, 3.05) is 37.7 Å². The maximum atomic E-state index is 12.4. The van der Waals surface area contributed by atoms with Crippen molar-refractivity contribution in [3.63, 3.8) is 0 Å². The number of aromatic nitrogens is 1. The number of thioether (sulfide) groups is 1. The summed E-state index contributed by atoms with van der Waals surface area (Å²) in [7, 11) is 0. The predicted octanol–water partition coefficient (Wildman–Crippen LogP) is 1.49. The van der Waals surface area contributed by atoms with Crippen LogP contribution in [0.5, 0.6) is 11.5 Å². The number of hydrogen-bond donors (Lipinski definition) is 2. The molecule has 3 heterocycles. The van der Waals surface area contributed by atoms with Crippen molar-refractivity contribution in [3.05, 3.63) is 58.0 Å². The van der Waals surface area contributed by atoms with Crippen LogP contribution in [0.3, 0.4) is 0 Å². The number of benzene rings is 1. The van der Waals surface area contributed by atoms with Crippen LogP contribution in [-0.4, -0.2) is 59.6 Å². The maximum absolute atomic E-state index is 12.4. The van der Waals surface area contributed by atoms with Gasteiger partial charge < -0.3 is 19.8 Å². The summed E-state index contributed by atoms with van der Waals surface area (Å²) in [6, 6.07) is 10.8. The fourth-order valence-corrected chi connectivity index (χ4v) is 4.23. The van der Waals surface area contributed by atoms with E-state index in [4.69, 9.17) is 9.47 Å². The van der Waals surface area contributed by atoms with Gasteiger partial charge in [-0.15, -0.1) is 0 Å². The van der Waals surface area contributed by atoms with E-state index < -0.39 is 5.91 Å². The summed E-state index contributed by atoms with van der Waals surface area (Å²) in [5.74, 6) is 3.17. The summed E-state index contributed by atoms with van der Waals surface area (Å²) in [6.07, 6.45) is -0.297. The number of amides is 1. The first kappa shape index (κ1) is 18.9. The molecule has 1 saturated heterocycles. The third-order valence-corrected chi connectivity index (χ3v) is 5.71. The van der Waals surface area contributed by atoms with Gasteiger partial charge in [0, 0.05) is 36.8 Å². The number of hydrogen-bond acceptors (Lipinski definition) is 6. The molecule has 8 heteroatoms. The van der Waals surface area contributed by atoms with Crippen molar-refractivity contribution in [1.29, 1.82) is 0 Å². The zero-order valence-electron chi connectivity index (χ0n) is 15.5. The van der Waals surface area contributed by atoms with Crippen molar-refractivity contribution >= 4 is 17.7 Å². The number of H-pyrrole nitrogens is 1. The van der Waals surface area contributed by atoms with Gasteiger partial charge in [-0.1, -0.05) is 12.1 Å². The molecule has 0 bridgehead atoms. The van der Waals surface area contributed by atoms with E-state index in [9.17, 15) is 9.59 Å². The number of carbonyl (C=O) groups excluding carboxylic acids is 1. The lowest BCUT2D eigenvalue weighted by molar-refractivity contribution is 0.0788. The van der Waals surface area contributed by atoms with Crippen LogP contribution in [0, 0.1) is 0 Å². The fraction of sp³-hybridized carbons (Fsp3) is 0.400. The third kappa shape index (κ3) is 4.51. The highest BCUT2D eigenvalue weighted by atomic mass is 32.2. The van der Waals surface area contributed by atoms with E-state index in [-0.39, 0.29) is 23.8 Å². The van der Waals surface area contributed by atoms with Crippen molar-refractivity contribution in [2.24, 2.45) is 0 Å². The largest absolute Gasteiger partial charge is 0.486 e. The van der Waals surface area contributed by atoms with Crippen LogP contribution in [0.25, 0.3) is 0 Å². The van der Waals surface area contributed by atoms with Crippen LogP contribution in [0.2, 0.25) is 0 Å². The van der Waals surface area contributed by atoms with Crippen LogP contribution in [0.4, 0.5) is 0 Å². The Kier molecular flexibility index (Phi) is 5.87. The Labute approximate surface area is 167 Å². The second kappa shape index (κ2) is 8.70. The molecule has 0 saturated carbocycles. The number of rotatable bonds is 5. The standard InChI is InChI=1S/C20H23N3O4S/c24-19(21-11-15-13-26-17-3-1-2-4-18(17)27-15)16-6-5-14(22-20(16)25)12-23-7-9-28-10-8-23/h1-6,15H,7-13H2,(H,21,24)(H,22,25). The second-order valence-corrected chi connectivity index (χ2v) is 8.05. The first-order valence-electron chi connectivity index (χ1n) is 9.38. The molecule has 0 radical (unpaired) electrons. The molecule has 1 amide bonds. The summed E-state index contributed by atoms with van der Waals surface area (Å²) in [5, 5.41) is 2.76. The first-order valence-corrected chi connectivity index (χ1v) is 10.5. The lowest BCUT2D eigenvalue weighted by Crippen LogP contribution is -2.42. The molecule has 2 N–H and O–H groups in total. The second-order valence-electron chi connectivity index (χ2n) is 6.82. The van der Waals surface area contributed by atoms with Crippen LogP contribution < -0.4 is 20.3 Å². The van der Waals surface area contributed by atoms with Gasteiger partial charge >= 0.3 is 0 Å². The fourth-order valence-electron chi connectivity index (χ4n) is 3.25. The lowest BCUT2D eigenvalue weighted by Gasteiger charge is -2.26. The molecule has 28 heavy (non-hydrogen) atoms. The van der Waals surface area contributed by atoms with Gasteiger partial charge in [-0.05, 0) is 24.3 Å². The lowest BCUT2D eigenvalue weighted by atomic mass is 10.2. The Balaban J connectivity index is 1.33. The minimum atomic E-state index is -0.412.